The van der Waals surface area contributed by atoms with E-state index in [0.717, 1.165) is 10.0 Å². The van der Waals surface area contributed by atoms with Gasteiger partial charge in [0.25, 0.3) is 0 Å². The smallest absolute Gasteiger partial charge is 0.0909 e. The van der Waals surface area contributed by atoms with E-state index >= 15 is 0 Å². The summed E-state index contributed by atoms with van der Waals surface area (Å²) in [6.45, 7) is 1.89. The molecule has 104 valence electrons. The molecule has 3 rings (SSSR count). The van der Waals surface area contributed by atoms with Crippen LogP contribution in [0.4, 0.5) is 0 Å². The van der Waals surface area contributed by atoms with E-state index in [-0.39, 0.29) is 0 Å². The number of fused-ring (bicyclic) bond motifs is 1. The normalized spacial score (nSPS) is 16.8. The molecular weight excluding hydrogens is 312 g/mol. The number of halogens is 1. The molecule has 1 atom stereocenters. The van der Waals surface area contributed by atoms with Crippen LogP contribution in [0.3, 0.4) is 0 Å². The zero-order valence-electron chi connectivity index (χ0n) is 11.7. The summed E-state index contributed by atoms with van der Waals surface area (Å²) in [4.78, 5) is 0. The van der Waals surface area contributed by atoms with E-state index in [1.165, 1.54) is 36.0 Å². The molecule has 2 aromatic rings. The summed E-state index contributed by atoms with van der Waals surface area (Å²) in [6.07, 6.45) is 4.30. The van der Waals surface area contributed by atoms with Crippen LogP contribution in [0.15, 0.2) is 46.9 Å². The molecule has 0 spiro atoms. The average molecular weight is 331 g/mol. The van der Waals surface area contributed by atoms with Gasteiger partial charge in [-0.25, -0.2) is 0 Å². The Morgan fingerprint density at radius 2 is 1.90 bits per heavy atom. The number of aryl methyl sites for hydroxylation is 2. The Morgan fingerprint density at radius 3 is 2.70 bits per heavy atom. The second-order valence-electron chi connectivity index (χ2n) is 5.92. The van der Waals surface area contributed by atoms with Crippen molar-refractivity contribution in [2.75, 3.05) is 0 Å². The molecule has 0 bridgehead atoms. The third-order valence-electron chi connectivity index (χ3n) is 4.16. The van der Waals surface area contributed by atoms with Crippen LogP contribution in [-0.4, -0.2) is 5.11 Å². The molecule has 0 radical (unpaired) electrons. The molecule has 2 aromatic carbocycles. The van der Waals surface area contributed by atoms with Gasteiger partial charge in [-0.15, -0.1) is 0 Å². The fourth-order valence-corrected chi connectivity index (χ4v) is 3.46. The molecule has 1 N–H and O–H groups in total. The number of benzene rings is 2. The lowest BCUT2D eigenvalue weighted by molar-refractivity contribution is 0.0575. The van der Waals surface area contributed by atoms with Gasteiger partial charge in [0.05, 0.1) is 5.60 Å². The lowest BCUT2D eigenvalue weighted by Gasteiger charge is -2.24. The second-order valence-corrected chi connectivity index (χ2v) is 6.83. The van der Waals surface area contributed by atoms with Crippen molar-refractivity contribution in [1.82, 2.24) is 0 Å². The quantitative estimate of drug-likeness (QED) is 0.884. The predicted octanol–water partition coefficient (Wildman–Crippen LogP) is 4.39. The first-order chi connectivity index (χ1) is 9.54. The van der Waals surface area contributed by atoms with E-state index in [1.807, 2.05) is 31.2 Å². The van der Waals surface area contributed by atoms with Gasteiger partial charge in [0.15, 0.2) is 0 Å². The summed E-state index contributed by atoms with van der Waals surface area (Å²) in [6, 6.07) is 14.6. The Hall–Kier alpha value is -1.12. The van der Waals surface area contributed by atoms with Crippen molar-refractivity contribution in [1.29, 1.82) is 0 Å². The maximum atomic E-state index is 10.8. The van der Waals surface area contributed by atoms with Crippen molar-refractivity contribution < 1.29 is 5.11 Å². The summed E-state index contributed by atoms with van der Waals surface area (Å²) in [5.74, 6) is 0. The van der Waals surface area contributed by atoms with Gasteiger partial charge in [-0.2, -0.15) is 0 Å². The highest BCUT2D eigenvalue weighted by atomic mass is 79.9. The Kier molecular flexibility index (Phi) is 3.70. The maximum absolute atomic E-state index is 10.8. The molecular formula is C18H19BrO. The molecule has 0 aliphatic heterocycles. The third-order valence-corrected chi connectivity index (χ3v) is 4.65. The van der Waals surface area contributed by atoms with Crippen LogP contribution in [-0.2, 0) is 24.9 Å². The molecule has 0 saturated heterocycles. The fourth-order valence-electron chi connectivity index (χ4n) is 3.06. The van der Waals surface area contributed by atoms with E-state index in [4.69, 9.17) is 0 Å². The van der Waals surface area contributed by atoms with E-state index in [9.17, 15) is 5.11 Å². The largest absolute Gasteiger partial charge is 0.385 e. The van der Waals surface area contributed by atoms with Gasteiger partial charge < -0.3 is 5.11 Å². The van der Waals surface area contributed by atoms with E-state index in [0.29, 0.717) is 6.42 Å². The molecule has 1 unspecified atom stereocenters. The first kappa shape index (κ1) is 13.8. The molecule has 1 aliphatic carbocycles. The van der Waals surface area contributed by atoms with E-state index in [1.54, 1.807) is 0 Å². The first-order valence-corrected chi connectivity index (χ1v) is 7.93. The number of rotatable bonds is 3. The lowest BCUT2D eigenvalue weighted by Crippen LogP contribution is -2.24. The van der Waals surface area contributed by atoms with Crippen molar-refractivity contribution in [3.05, 3.63) is 69.2 Å². The lowest BCUT2D eigenvalue weighted by atomic mass is 9.88. The topological polar surface area (TPSA) is 20.2 Å². The minimum atomic E-state index is -0.837. The van der Waals surface area contributed by atoms with Crippen molar-refractivity contribution in [3.63, 3.8) is 0 Å². The Morgan fingerprint density at radius 1 is 1.10 bits per heavy atom. The van der Waals surface area contributed by atoms with Crippen LogP contribution in [0.1, 0.15) is 35.6 Å². The van der Waals surface area contributed by atoms with E-state index < -0.39 is 5.60 Å². The predicted molar refractivity (Wildman–Crippen MR) is 85.9 cm³/mol. The molecule has 0 aromatic heterocycles. The Labute approximate surface area is 128 Å². The number of aliphatic hydroxyl groups is 1. The molecule has 2 heteroatoms. The highest BCUT2D eigenvalue weighted by Gasteiger charge is 2.24. The summed E-state index contributed by atoms with van der Waals surface area (Å²) in [5.41, 5.74) is 4.28. The van der Waals surface area contributed by atoms with Crippen LogP contribution >= 0.6 is 15.9 Å². The minimum absolute atomic E-state index is 0.650. The van der Waals surface area contributed by atoms with Crippen molar-refractivity contribution in [2.24, 2.45) is 0 Å². The SMILES string of the molecule is CC(O)(Cc1ccc2c(c1)CCC2)c1cccc(Br)c1. The zero-order valence-corrected chi connectivity index (χ0v) is 13.3. The van der Waals surface area contributed by atoms with Gasteiger partial charge in [-0.1, -0.05) is 46.3 Å². The average Bonchev–Trinajstić information content (AvgIpc) is 2.85. The van der Waals surface area contributed by atoms with Crippen LogP contribution in [0.5, 0.6) is 0 Å². The first-order valence-electron chi connectivity index (χ1n) is 7.14. The van der Waals surface area contributed by atoms with Crippen molar-refractivity contribution in [2.45, 2.75) is 38.2 Å². The molecule has 0 fully saturated rings. The van der Waals surface area contributed by atoms with Crippen LogP contribution in [0, 0.1) is 0 Å². The van der Waals surface area contributed by atoms with E-state index in [2.05, 4.69) is 34.1 Å². The van der Waals surface area contributed by atoms with Crippen LogP contribution in [0.2, 0.25) is 0 Å². The van der Waals surface area contributed by atoms with Gasteiger partial charge >= 0.3 is 0 Å². The summed E-state index contributed by atoms with van der Waals surface area (Å²) >= 11 is 3.47. The third kappa shape index (κ3) is 2.82. The van der Waals surface area contributed by atoms with Crippen molar-refractivity contribution in [3.8, 4) is 0 Å². The van der Waals surface area contributed by atoms with Gasteiger partial charge in [-0.3, -0.25) is 0 Å². The van der Waals surface area contributed by atoms with Gasteiger partial charge in [-0.05, 0) is 60.6 Å². The standard InChI is InChI=1S/C18H19BrO/c1-18(20,16-6-3-7-17(19)11-16)12-13-8-9-14-4-2-5-15(14)10-13/h3,6-11,20H,2,4-5,12H2,1H3. The number of hydrogen-bond donors (Lipinski definition) is 1. The number of hydrogen-bond acceptors (Lipinski definition) is 1. The molecule has 0 heterocycles. The summed E-state index contributed by atoms with van der Waals surface area (Å²) in [7, 11) is 0. The van der Waals surface area contributed by atoms with Gasteiger partial charge in [0, 0.05) is 10.9 Å². The fraction of sp³-hybridized carbons (Fsp3) is 0.333. The molecule has 0 saturated carbocycles. The molecule has 1 nitrogen and oxygen atoms in total. The van der Waals surface area contributed by atoms with Crippen LogP contribution < -0.4 is 0 Å². The highest BCUT2D eigenvalue weighted by molar-refractivity contribution is 9.10. The highest BCUT2D eigenvalue weighted by Crippen LogP contribution is 2.29. The summed E-state index contributed by atoms with van der Waals surface area (Å²) < 4.78 is 1.00. The Bertz CT molecular complexity index is 631. The van der Waals surface area contributed by atoms with Crippen molar-refractivity contribution >= 4 is 15.9 Å². The molecule has 20 heavy (non-hydrogen) atoms. The zero-order chi connectivity index (χ0) is 14.2. The molecule has 1 aliphatic rings. The second kappa shape index (κ2) is 5.34. The Balaban J connectivity index is 1.86. The minimum Gasteiger partial charge on any atom is -0.385 e. The molecule has 0 amide bonds. The summed E-state index contributed by atoms with van der Waals surface area (Å²) in [5, 5.41) is 10.8. The van der Waals surface area contributed by atoms with Crippen LogP contribution in [0.25, 0.3) is 0 Å². The van der Waals surface area contributed by atoms with Gasteiger partial charge in [0.2, 0.25) is 0 Å². The maximum Gasteiger partial charge on any atom is 0.0909 e. The van der Waals surface area contributed by atoms with Gasteiger partial charge in [0.1, 0.15) is 0 Å². The monoisotopic (exact) mass is 330 g/mol.